The van der Waals surface area contributed by atoms with Crippen molar-refractivity contribution in [1.29, 1.82) is 0 Å². The lowest BCUT2D eigenvalue weighted by Crippen LogP contribution is -2.35. The van der Waals surface area contributed by atoms with Gasteiger partial charge in [0.15, 0.2) is 5.82 Å². The highest BCUT2D eigenvalue weighted by Crippen LogP contribution is 2.20. The van der Waals surface area contributed by atoms with Crippen LogP contribution in [0.4, 0.5) is 11.8 Å². The molecule has 4 N–H and O–H groups in total. The van der Waals surface area contributed by atoms with Crippen LogP contribution in [0.1, 0.15) is 25.5 Å². The number of aromatic nitrogens is 2. The fraction of sp³-hybridized carbons (Fsp3) is 0.353. The average molecular weight is 398 g/mol. The number of rotatable bonds is 8. The van der Waals surface area contributed by atoms with Crippen molar-refractivity contribution >= 4 is 40.9 Å². The number of nitrogens with zero attached hydrogens (tertiary/aromatic N) is 2. The molecule has 140 valence electrons. The lowest BCUT2D eigenvalue weighted by atomic mass is 10.1. The van der Waals surface area contributed by atoms with Crippen LogP contribution in [0.3, 0.4) is 0 Å². The minimum Gasteiger partial charge on any atom is -0.394 e. The molecule has 1 amide bonds. The Morgan fingerprint density at radius 3 is 2.73 bits per heavy atom. The number of amides is 1. The zero-order valence-corrected chi connectivity index (χ0v) is 16.0. The van der Waals surface area contributed by atoms with Crippen molar-refractivity contribution in [3.8, 4) is 0 Å². The molecule has 0 unspecified atom stereocenters. The van der Waals surface area contributed by atoms with Gasteiger partial charge in [0.25, 0.3) is 0 Å². The Bertz CT molecular complexity index is 758. The number of nitrogens with one attached hydrogen (secondary N) is 3. The van der Waals surface area contributed by atoms with Crippen molar-refractivity contribution < 1.29 is 9.90 Å². The summed E-state index contributed by atoms with van der Waals surface area (Å²) in [5.74, 6) is 0.444. The van der Waals surface area contributed by atoms with E-state index in [9.17, 15) is 9.90 Å². The Kier molecular flexibility index (Phi) is 7.44. The van der Waals surface area contributed by atoms with E-state index >= 15 is 0 Å². The molecule has 1 atom stereocenters. The molecule has 0 spiro atoms. The highest BCUT2D eigenvalue weighted by molar-refractivity contribution is 6.32. The lowest BCUT2D eigenvalue weighted by molar-refractivity contribution is -0.120. The molecule has 26 heavy (non-hydrogen) atoms. The fourth-order valence-corrected chi connectivity index (χ4v) is 2.54. The first-order valence-corrected chi connectivity index (χ1v) is 8.83. The van der Waals surface area contributed by atoms with Gasteiger partial charge in [-0.15, -0.1) is 0 Å². The Balaban J connectivity index is 1.97. The van der Waals surface area contributed by atoms with Crippen molar-refractivity contribution in [3.05, 3.63) is 46.1 Å². The van der Waals surface area contributed by atoms with Crippen molar-refractivity contribution in [2.75, 3.05) is 23.8 Å². The Hall–Kier alpha value is -2.09. The van der Waals surface area contributed by atoms with Crippen LogP contribution >= 0.6 is 23.2 Å². The molecule has 2 aromatic rings. The molecular formula is C17H21Cl2N5O2. The van der Waals surface area contributed by atoms with Crippen LogP contribution in [-0.2, 0) is 4.79 Å². The number of aliphatic hydroxyl groups excluding tert-OH is 1. The second-order valence-electron chi connectivity index (χ2n) is 5.90. The van der Waals surface area contributed by atoms with Crippen LogP contribution < -0.4 is 16.0 Å². The van der Waals surface area contributed by atoms with Gasteiger partial charge in [-0.3, -0.25) is 4.79 Å². The summed E-state index contributed by atoms with van der Waals surface area (Å²) in [5, 5.41) is 19.1. The van der Waals surface area contributed by atoms with Crippen molar-refractivity contribution in [2.24, 2.45) is 0 Å². The topological polar surface area (TPSA) is 99.2 Å². The summed E-state index contributed by atoms with van der Waals surface area (Å²) < 4.78 is 0. The SMILES string of the molecule is CC(C)Nc1ncc(Cl)c(NCC(=O)N[C@H](CO)c2cccc(Cl)c2)n1. The minimum atomic E-state index is -0.554. The van der Waals surface area contributed by atoms with Crippen LogP contribution in [0.5, 0.6) is 0 Å². The van der Waals surface area contributed by atoms with Gasteiger partial charge < -0.3 is 21.1 Å². The first-order chi connectivity index (χ1) is 12.4. The maximum atomic E-state index is 12.2. The summed E-state index contributed by atoms with van der Waals surface area (Å²) >= 11 is 12.0. The van der Waals surface area contributed by atoms with E-state index in [1.54, 1.807) is 24.3 Å². The number of hydrogen-bond acceptors (Lipinski definition) is 6. The van der Waals surface area contributed by atoms with E-state index in [0.717, 1.165) is 5.56 Å². The molecule has 1 aromatic heterocycles. The van der Waals surface area contributed by atoms with Crippen molar-refractivity contribution in [1.82, 2.24) is 15.3 Å². The zero-order valence-electron chi connectivity index (χ0n) is 14.5. The second-order valence-corrected chi connectivity index (χ2v) is 6.74. The monoisotopic (exact) mass is 397 g/mol. The Labute approximate surface area is 162 Å². The lowest BCUT2D eigenvalue weighted by Gasteiger charge is -2.17. The number of carbonyl (C=O) groups is 1. The van der Waals surface area contributed by atoms with E-state index in [-0.39, 0.29) is 25.1 Å². The van der Waals surface area contributed by atoms with E-state index in [1.807, 2.05) is 13.8 Å². The number of benzene rings is 1. The number of hydrogen-bond donors (Lipinski definition) is 4. The molecule has 1 aromatic carbocycles. The number of carbonyl (C=O) groups excluding carboxylic acids is 1. The van der Waals surface area contributed by atoms with Gasteiger partial charge >= 0.3 is 0 Å². The molecule has 0 aliphatic heterocycles. The summed E-state index contributed by atoms with van der Waals surface area (Å²) in [6, 6.07) is 6.57. The predicted octanol–water partition coefficient (Wildman–Crippen LogP) is 2.87. The number of anilines is 2. The molecule has 0 aliphatic carbocycles. The van der Waals surface area contributed by atoms with Gasteiger partial charge in [-0.05, 0) is 31.5 Å². The molecule has 9 heteroatoms. The first kappa shape index (κ1) is 20.2. The molecule has 0 radical (unpaired) electrons. The second kappa shape index (κ2) is 9.56. The first-order valence-electron chi connectivity index (χ1n) is 8.07. The summed E-state index contributed by atoms with van der Waals surface area (Å²) in [6.07, 6.45) is 1.46. The maximum absolute atomic E-state index is 12.2. The normalized spacial score (nSPS) is 11.9. The van der Waals surface area contributed by atoms with Gasteiger partial charge in [-0.1, -0.05) is 35.3 Å². The van der Waals surface area contributed by atoms with Gasteiger partial charge in [-0.2, -0.15) is 4.98 Å². The third-order valence-corrected chi connectivity index (χ3v) is 3.86. The quantitative estimate of drug-likeness (QED) is 0.546. The predicted molar refractivity (Wildman–Crippen MR) is 104 cm³/mol. The van der Waals surface area contributed by atoms with E-state index in [1.165, 1.54) is 6.20 Å². The van der Waals surface area contributed by atoms with E-state index in [4.69, 9.17) is 23.2 Å². The van der Waals surface area contributed by atoms with E-state index < -0.39 is 6.04 Å². The molecule has 0 bridgehead atoms. The summed E-state index contributed by atoms with van der Waals surface area (Å²) in [6.45, 7) is 3.62. The third-order valence-electron chi connectivity index (χ3n) is 3.35. The molecule has 7 nitrogen and oxygen atoms in total. The van der Waals surface area contributed by atoms with Crippen LogP contribution in [0.25, 0.3) is 0 Å². The summed E-state index contributed by atoms with van der Waals surface area (Å²) in [7, 11) is 0. The standard InChI is InChI=1S/C17H21Cl2N5O2/c1-10(2)22-17-21-7-13(19)16(24-17)20-8-15(26)23-14(9-25)11-4-3-5-12(18)6-11/h3-7,10,14,25H,8-9H2,1-2H3,(H,23,26)(H2,20,21,22,24)/t14-/m1/s1. The minimum absolute atomic E-state index is 0.0606. The molecule has 0 aliphatic rings. The van der Waals surface area contributed by atoms with Gasteiger partial charge in [0.2, 0.25) is 11.9 Å². The average Bonchev–Trinajstić information content (AvgIpc) is 2.59. The molecule has 0 saturated heterocycles. The molecule has 2 rings (SSSR count). The Morgan fingerprint density at radius 1 is 1.31 bits per heavy atom. The molecular weight excluding hydrogens is 377 g/mol. The molecule has 0 fully saturated rings. The van der Waals surface area contributed by atoms with E-state index in [0.29, 0.717) is 21.8 Å². The number of aliphatic hydroxyl groups is 1. The summed E-state index contributed by atoms with van der Waals surface area (Å²) in [5.41, 5.74) is 0.719. The van der Waals surface area contributed by atoms with Crippen LogP contribution in [0.2, 0.25) is 10.0 Å². The van der Waals surface area contributed by atoms with Crippen molar-refractivity contribution in [3.63, 3.8) is 0 Å². The smallest absolute Gasteiger partial charge is 0.239 e. The van der Waals surface area contributed by atoms with Gasteiger partial charge in [0.1, 0.15) is 5.02 Å². The van der Waals surface area contributed by atoms with Crippen molar-refractivity contribution in [2.45, 2.75) is 25.9 Å². The van der Waals surface area contributed by atoms with Crippen LogP contribution in [0, 0.1) is 0 Å². The van der Waals surface area contributed by atoms with Crippen LogP contribution in [-0.4, -0.2) is 40.2 Å². The highest BCUT2D eigenvalue weighted by Gasteiger charge is 2.15. The number of halogens is 2. The summed E-state index contributed by atoms with van der Waals surface area (Å²) in [4.78, 5) is 20.5. The van der Waals surface area contributed by atoms with Gasteiger partial charge in [0.05, 0.1) is 25.4 Å². The largest absolute Gasteiger partial charge is 0.394 e. The maximum Gasteiger partial charge on any atom is 0.239 e. The zero-order chi connectivity index (χ0) is 19.1. The van der Waals surface area contributed by atoms with Crippen LogP contribution in [0.15, 0.2) is 30.5 Å². The highest BCUT2D eigenvalue weighted by atomic mass is 35.5. The Morgan fingerprint density at radius 2 is 2.08 bits per heavy atom. The molecule has 1 heterocycles. The fourth-order valence-electron chi connectivity index (χ4n) is 2.19. The van der Waals surface area contributed by atoms with E-state index in [2.05, 4.69) is 25.9 Å². The van der Waals surface area contributed by atoms with Gasteiger partial charge in [0, 0.05) is 11.1 Å². The third kappa shape index (κ3) is 6.01. The molecule has 0 saturated carbocycles. The van der Waals surface area contributed by atoms with Gasteiger partial charge in [-0.25, -0.2) is 4.98 Å².